The first-order chi connectivity index (χ1) is 14.5. The van der Waals surface area contributed by atoms with Crippen molar-refractivity contribution in [1.82, 2.24) is 4.90 Å². The fourth-order valence-electron chi connectivity index (χ4n) is 3.66. The number of rotatable bonds is 7. The van der Waals surface area contributed by atoms with E-state index in [1.165, 1.54) is 0 Å². The normalized spacial score (nSPS) is 15.2. The van der Waals surface area contributed by atoms with Gasteiger partial charge in [-0.1, -0.05) is 0 Å². The van der Waals surface area contributed by atoms with Crippen LogP contribution in [0, 0.1) is 0 Å². The van der Waals surface area contributed by atoms with Crippen molar-refractivity contribution in [3.8, 4) is 17.2 Å². The topological polar surface area (TPSA) is 74.3 Å². The minimum absolute atomic E-state index is 0.0123. The first-order valence-electron chi connectivity index (χ1n) is 9.90. The number of ether oxygens (including phenoxy) is 4. The minimum atomic E-state index is -0.367. The molecule has 7 heteroatoms. The molecule has 1 unspecified atom stereocenters. The van der Waals surface area contributed by atoms with Crippen molar-refractivity contribution in [2.24, 2.45) is 0 Å². The standard InChI is InChI=1S/C23H27NO6/c1-5-29-23(26)16-6-8-18(9-7-16)30-14-20-19-13-22(28-4)21(27-3)12-17(19)10-11-24(20)15(2)25/h6-9,12-13,20H,5,10-11,14H2,1-4H3. The fraction of sp³-hybridized carbons (Fsp3) is 0.391. The molecule has 1 aliphatic heterocycles. The molecule has 30 heavy (non-hydrogen) atoms. The van der Waals surface area contributed by atoms with Crippen molar-refractivity contribution in [2.45, 2.75) is 26.3 Å². The molecule has 0 spiro atoms. The molecule has 160 valence electrons. The average Bonchev–Trinajstić information content (AvgIpc) is 2.76. The van der Waals surface area contributed by atoms with E-state index in [-0.39, 0.29) is 24.5 Å². The highest BCUT2D eigenvalue weighted by molar-refractivity contribution is 5.89. The summed E-state index contributed by atoms with van der Waals surface area (Å²) in [5.74, 6) is 1.52. The van der Waals surface area contributed by atoms with Crippen molar-refractivity contribution in [2.75, 3.05) is 34.0 Å². The van der Waals surface area contributed by atoms with E-state index in [1.807, 2.05) is 12.1 Å². The lowest BCUT2D eigenvalue weighted by Crippen LogP contribution is -2.41. The fourth-order valence-corrected chi connectivity index (χ4v) is 3.66. The largest absolute Gasteiger partial charge is 0.493 e. The van der Waals surface area contributed by atoms with Crippen molar-refractivity contribution < 1.29 is 28.5 Å². The molecule has 0 fully saturated rings. The predicted octanol–water partition coefficient (Wildman–Crippen LogP) is 3.41. The second kappa shape index (κ2) is 9.52. The maximum Gasteiger partial charge on any atom is 0.338 e. The van der Waals surface area contributed by atoms with Gasteiger partial charge in [-0.15, -0.1) is 0 Å². The minimum Gasteiger partial charge on any atom is -0.493 e. The van der Waals surface area contributed by atoms with Crippen LogP contribution in [0.5, 0.6) is 17.2 Å². The van der Waals surface area contributed by atoms with Gasteiger partial charge in [0.25, 0.3) is 0 Å². The molecule has 0 aliphatic carbocycles. The summed E-state index contributed by atoms with van der Waals surface area (Å²) in [6.45, 7) is 4.54. The van der Waals surface area contributed by atoms with Gasteiger partial charge >= 0.3 is 5.97 Å². The van der Waals surface area contributed by atoms with E-state index in [2.05, 4.69) is 0 Å². The second-order valence-corrected chi connectivity index (χ2v) is 6.94. The first-order valence-corrected chi connectivity index (χ1v) is 9.90. The molecule has 0 saturated heterocycles. The Morgan fingerprint density at radius 3 is 2.33 bits per heavy atom. The van der Waals surface area contributed by atoms with Gasteiger partial charge in [0, 0.05) is 13.5 Å². The molecule has 3 rings (SSSR count). The Kier molecular flexibility index (Phi) is 6.82. The SMILES string of the molecule is CCOC(=O)c1ccc(OCC2c3cc(OC)c(OC)cc3CCN2C(C)=O)cc1. The molecule has 1 aliphatic rings. The maximum atomic E-state index is 12.3. The number of fused-ring (bicyclic) bond motifs is 1. The van der Waals surface area contributed by atoms with Crippen LogP contribution >= 0.6 is 0 Å². The lowest BCUT2D eigenvalue weighted by molar-refractivity contribution is -0.132. The summed E-state index contributed by atoms with van der Waals surface area (Å²) in [5.41, 5.74) is 2.56. The van der Waals surface area contributed by atoms with Gasteiger partial charge in [0.15, 0.2) is 11.5 Å². The summed E-state index contributed by atoms with van der Waals surface area (Å²) in [6, 6.07) is 10.4. The van der Waals surface area contributed by atoms with Crippen LogP contribution in [0.2, 0.25) is 0 Å². The molecule has 2 aromatic rings. The molecule has 0 aromatic heterocycles. The molecule has 1 amide bonds. The number of benzene rings is 2. The van der Waals surface area contributed by atoms with Crippen LogP contribution in [0.1, 0.15) is 41.4 Å². The Morgan fingerprint density at radius 1 is 1.07 bits per heavy atom. The smallest absolute Gasteiger partial charge is 0.338 e. The van der Waals surface area contributed by atoms with Crippen molar-refractivity contribution in [3.63, 3.8) is 0 Å². The third-order valence-electron chi connectivity index (χ3n) is 5.18. The summed E-state index contributed by atoms with van der Waals surface area (Å²) in [7, 11) is 3.20. The Balaban J connectivity index is 1.83. The van der Waals surface area contributed by atoms with Crippen LogP contribution in [-0.4, -0.2) is 50.8 Å². The van der Waals surface area contributed by atoms with Gasteiger partial charge in [-0.05, 0) is 60.9 Å². The van der Waals surface area contributed by atoms with E-state index in [9.17, 15) is 9.59 Å². The Labute approximate surface area is 176 Å². The van der Waals surface area contributed by atoms with Crippen LogP contribution < -0.4 is 14.2 Å². The van der Waals surface area contributed by atoms with Crippen LogP contribution in [0.25, 0.3) is 0 Å². The summed E-state index contributed by atoms with van der Waals surface area (Å²) in [5, 5.41) is 0. The molecule has 1 heterocycles. The van der Waals surface area contributed by atoms with Crippen molar-refractivity contribution in [3.05, 3.63) is 53.1 Å². The number of amides is 1. The first kappa shape index (κ1) is 21.5. The van der Waals surface area contributed by atoms with Gasteiger partial charge in [-0.3, -0.25) is 4.79 Å². The summed E-state index contributed by atoms with van der Waals surface area (Å²) >= 11 is 0. The van der Waals surface area contributed by atoms with E-state index >= 15 is 0 Å². The third kappa shape index (κ3) is 4.50. The molecular formula is C23H27NO6. The van der Waals surface area contributed by atoms with Crippen LogP contribution in [0.3, 0.4) is 0 Å². The monoisotopic (exact) mass is 413 g/mol. The third-order valence-corrected chi connectivity index (χ3v) is 5.18. The Hall–Kier alpha value is -3.22. The molecule has 0 radical (unpaired) electrons. The molecule has 0 bridgehead atoms. The zero-order valence-electron chi connectivity index (χ0n) is 17.8. The molecule has 1 atom stereocenters. The highest BCUT2D eigenvalue weighted by Gasteiger charge is 2.31. The van der Waals surface area contributed by atoms with Gasteiger partial charge in [-0.2, -0.15) is 0 Å². The van der Waals surface area contributed by atoms with E-state index in [0.29, 0.717) is 36.0 Å². The quantitative estimate of drug-likeness (QED) is 0.648. The average molecular weight is 413 g/mol. The Bertz CT molecular complexity index is 909. The van der Waals surface area contributed by atoms with Gasteiger partial charge in [0.2, 0.25) is 5.91 Å². The number of esters is 1. The summed E-state index contributed by atoms with van der Waals surface area (Å²) in [4.78, 5) is 25.9. The number of methoxy groups -OCH3 is 2. The van der Waals surface area contributed by atoms with Crippen LogP contribution in [0.4, 0.5) is 0 Å². The number of carbonyl (C=O) groups is 2. The lowest BCUT2D eigenvalue weighted by atomic mass is 9.92. The van der Waals surface area contributed by atoms with Crippen molar-refractivity contribution >= 4 is 11.9 Å². The van der Waals surface area contributed by atoms with E-state index in [1.54, 1.807) is 57.2 Å². The number of carbonyl (C=O) groups excluding carboxylic acids is 2. The molecular weight excluding hydrogens is 386 g/mol. The molecule has 0 N–H and O–H groups in total. The highest BCUT2D eigenvalue weighted by atomic mass is 16.5. The number of hydrogen-bond acceptors (Lipinski definition) is 6. The molecule has 7 nitrogen and oxygen atoms in total. The van der Waals surface area contributed by atoms with Gasteiger partial charge in [0.1, 0.15) is 12.4 Å². The van der Waals surface area contributed by atoms with Crippen LogP contribution in [-0.2, 0) is 16.0 Å². The van der Waals surface area contributed by atoms with E-state index in [4.69, 9.17) is 18.9 Å². The van der Waals surface area contributed by atoms with E-state index < -0.39 is 0 Å². The summed E-state index contributed by atoms with van der Waals surface area (Å²) in [6.07, 6.45) is 0.736. The maximum absolute atomic E-state index is 12.3. The summed E-state index contributed by atoms with van der Waals surface area (Å²) < 4.78 is 21.9. The van der Waals surface area contributed by atoms with E-state index in [0.717, 1.165) is 17.5 Å². The zero-order chi connectivity index (χ0) is 21.7. The van der Waals surface area contributed by atoms with Gasteiger partial charge in [0.05, 0.1) is 32.4 Å². The van der Waals surface area contributed by atoms with Gasteiger partial charge in [-0.25, -0.2) is 4.79 Å². The van der Waals surface area contributed by atoms with Crippen molar-refractivity contribution in [1.29, 1.82) is 0 Å². The predicted molar refractivity (Wildman–Crippen MR) is 111 cm³/mol. The molecule has 2 aromatic carbocycles. The zero-order valence-corrected chi connectivity index (χ0v) is 17.8. The number of hydrogen-bond donors (Lipinski definition) is 0. The second-order valence-electron chi connectivity index (χ2n) is 6.94. The van der Waals surface area contributed by atoms with Gasteiger partial charge < -0.3 is 23.8 Å². The lowest BCUT2D eigenvalue weighted by Gasteiger charge is -2.37. The highest BCUT2D eigenvalue weighted by Crippen LogP contribution is 2.38. The number of nitrogens with zero attached hydrogens (tertiary/aromatic N) is 1. The van der Waals surface area contributed by atoms with Crippen LogP contribution in [0.15, 0.2) is 36.4 Å². The molecule has 0 saturated carbocycles. The Morgan fingerprint density at radius 2 is 1.73 bits per heavy atom.